The van der Waals surface area contributed by atoms with Crippen LogP contribution in [0.2, 0.25) is 0 Å². The van der Waals surface area contributed by atoms with Crippen molar-refractivity contribution in [2.75, 3.05) is 0 Å². The van der Waals surface area contributed by atoms with E-state index in [9.17, 15) is 0 Å². The molecule has 0 atom stereocenters. The molecule has 0 spiro atoms. The summed E-state index contributed by atoms with van der Waals surface area (Å²) in [5.74, 6) is 0. The number of rotatable bonds is 4. The number of benzene rings is 3. The average Bonchev–Trinajstić information content (AvgIpc) is 2.59. The lowest BCUT2D eigenvalue weighted by molar-refractivity contribution is 1.73. The summed E-state index contributed by atoms with van der Waals surface area (Å²) < 4.78 is 0. The summed E-state index contributed by atoms with van der Waals surface area (Å²) in [6.07, 6.45) is 0. The Hall–Kier alpha value is -1.39. The largest absolute Gasteiger partial charge is 0.184 e. The van der Waals surface area contributed by atoms with Gasteiger partial charge < -0.3 is 0 Å². The van der Waals surface area contributed by atoms with Crippen LogP contribution in [0.4, 0.5) is 0 Å². The van der Waals surface area contributed by atoms with Crippen molar-refractivity contribution in [3.05, 3.63) is 91.0 Å². The van der Waals surface area contributed by atoms with Crippen molar-refractivity contribution in [3.63, 3.8) is 0 Å². The zero-order valence-electron chi connectivity index (χ0n) is 11.5. The average molecular weight is 325 g/mol. The van der Waals surface area contributed by atoms with Gasteiger partial charge in [0.05, 0.1) is 0 Å². The van der Waals surface area contributed by atoms with Gasteiger partial charge in [-0.15, -0.1) is 0 Å². The lowest BCUT2D eigenvalue weighted by atomic mass is 10.4. The van der Waals surface area contributed by atoms with Gasteiger partial charge in [-0.1, -0.05) is 54.6 Å². The molecule has 0 fully saturated rings. The minimum atomic E-state index is -1.75. The fourth-order valence-electron chi connectivity index (χ4n) is 2.52. The molecule has 0 radical (unpaired) electrons. The van der Waals surface area contributed by atoms with Crippen LogP contribution in [0, 0.1) is 0 Å². The van der Waals surface area contributed by atoms with Crippen LogP contribution in [-0.2, 0) is 11.8 Å². The monoisotopic (exact) mass is 325 g/mol. The van der Waals surface area contributed by atoms with E-state index >= 15 is 0 Å². The van der Waals surface area contributed by atoms with E-state index < -0.39 is 6.95 Å². The normalized spacial score (nSPS) is 11.4. The van der Waals surface area contributed by atoms with Crippen LogP contribution in [0.15, 0.2) is 91.0 Å². The third-order valence-corrected chi connectivity index (χ3v) is 11.9. The highest BCUT2D eigenvalue weighted by molar-refractivity contribution is 8.51. The quantitative estimate of drug-likeness (QED) is 0.644. The molecule has 3 rings (SSSR count). The summed E-state index contributed by atoms with van der Waals surface area (Å²) >= 11 is 5.65. The van der Waals surface area contributed by atoms with Crippen molar-refractivity contribution in [2.24, 2.45) is 0 Å². The Kier molecular flexibility index (Phi) is 4.56. The molecule has 0 aliphatic rings. The maximum absolute atomic E-state index is 5.65. The van der Waals surface area contributed by atoms with Gasteiger partial charge >= 0.3 is 0 Å². The van der Waals surface area contributed by atoms with E-state index in [4.69, 9.17) is 11.8 Å². The minimum Gasteiger partial charge on any atom is -0.0620 e. The van der Waals surface area contributed by atoms with Gasteiger partial charge in [-0.25, -0.2) is 0 Å². The second-order valence-electron chi connectivity index (χ2n) is 4.72. The molecular formula is C18H15P2S+. The Bertz CT molecular complexity index is 615. The van der Waals surface area contributed by atoms with Gasteiger partial charge in [0.1, 0.15) is 15.9 Å². The summed E-state index contributed by atoms with van der Waals surface area (Å²) in [5, 5.41) is 4.04. The maximum Gasteiger partial charge on any atom is 0.184 e. The second-order valence-corrected chi connectivity index (χ2v) is 11.5. The first-order valence-corrected chi connectivity index (χ1v) is 11.2. The van der Waals surface area contributed by atoms with Gasteiger partial charge in [0.2, 0.25) is 0 Å². The summed E-state index contributed by atoms with van der Waals surface area (Å²) in [5.41, 5.74) is 0. The molecule has 0 aliphatic heterocycles. The van der Waals surface area contributed by atoms with Crippen molar-refractivity contribution in [1.29, 1.82) is 0 Å². The van der Waals surface area contributed by atoms with Gasteiger partial charge in [0.15, 0.2) is 14.0 Å². The van der Waals surface area contributed by atoms with E-state index in [-0.39, 0.29) is 0 Å². The van der Waals surface area contributed by atoms with E-state index in [0.29, 0.717) is 0 Å². The Morgan fingerprint density at radius 3 is 1.05 bits per heavy atom. The molecule has 0 unspecified atom stereocenters. The predicted octanol–water partition coefficient (Wildman–Crippen LogP) is 4.30. The first-order chi connectivity index (χ1) is 10.4. The lowest BCUT2D eigenvalue weighted by Gasteiger charge is -2.21. The standard InChI is InChI=1S/C18H15P2S/c21-19-20(16-10-4-1-5-11-16,17-12-6-2-7-13-17)18-14-8-3-9-15-18/h1-15H/q+1. The zero-order chi connectivity index (χ0) is 14.5. The van der Waals surface area contributed by atoms with Crippen molar-refractivity contribution in [3.8, 4) is 0 Å². The molecule has 0 aliphatic carbocycles. The fraction of sp³-hybridized carbons (Fsp3) is 0. The number of hydrogen-bond donors (Lipinski definition) is 0. The number of hydrogen-bond acceptors (Lipinski definition) is 1. The third kappa shape index (κ3) is 2.70. The van der Waals surface area contributed by atoms with Crippen LogP contribution in [0.5, 0.6) is 0 Å². The lowest BCUT2D eigenvalue weighted by Crippen LogP contribution is -2.27. The minimum absolute atomic E-state index is 1.01. The molecule has 0 saturated carbocycles. The topological polar surface area (TPSA) is 0 Å². The van der Waals surface area contributed by atoms with Crippen molar-refractivity contribution in [2.45, 2.75) is 0 Å². The van der Waals surface area contributed by atoms with Gasteiger partial charge in [0.25, 0.3) is 0 Å². The van der Waals surface area contributed by atoms with Crippen LogP contribution in [0.1, 0.15) is 0 Å². The summed E-state index contributed by atoms with van der Waals surface area (Å²) in [6.45, 7) is -1.75. The SMILES string of the molecule is S=P[P+](c1ccccc1)(c1ccccc1)c1ccccc1. The van der Waals surface area contributed by atoms with Crippen LogP contribution in [0.25, 0.3) is 0 Å². The van der Waals surface area contributed by atoms with E-state index in [0.717, 1.165) is 7.04 Å². The highest BCUT2D eigenvalue weighted by Gasteiger charge is 2.44. The summed E-state index contributed by atoms with van der Waals surface area (Å²) in [6, 6.07) is 32.1. The van der Waals surface area contributed by atoms with Crippen molar-refractivity contribution >= 4 is 41.7 Å². The first kappa shape index (κ1) is 14.5. The highest BCUT2D eigenvalue weighted by Crippen LogP contribution is 2.66. The Labute approximate surface area is 132 Å². The second kappa shape index (κ2) is 6.58. The van der Waals surface area contributed by atoms with Crippen molar-refractivity contribution in [1.82, 2.24) is 0 Å². The fourth-order valence-corrected chi connectivity index (χ4v) is 10.1. The molecule has 0 amide bonds. The van der Waals surface area contributed by atoms with Crippen LogP contribution < -0.4 is 15.9 Å². The molecular weight excluding hydrogens is 310 g/mol. The molecule has 0 nitrogen and oxygen atoms in total. The Morgan fingerprint density at radius 2 is 0.810 bits per heavy atom. The highest BCUT2D eigenvalue weighted by atomic mass is 32.6. The van der Waals surface area contributed by atoms with E-state index in [1.54, 1.807) is 0 Å². The summed E-state index contributed by atoms with van der Waals surface area (Å²) in [7, 11) is 1.01. The third-order valence-electron chi connectivity index (χ3n) is 3.51. The van der Waals surface area contributed by atoms with E-state index in [1.165, 1.54) is 15.9 Å². The molecule has 21 heavy (non-hydrogen) atoms. The van der Waals surface area contributed by atoms with E-state index in [1.807, 2.05) is 0 Å². The van der Waals surface area contributed by atoms with Gasteiger partial charge in [-0.2, -0.15) is 0 Å². The molecule has 0 N–H and O–H groups in total. The molecule has 3 aromatic carbocycles. The smallest absolute Gasteiger partial charge is 0.0620 e. The van der Waals surface area contributed by atoms with Gasteiger partial charge in [0, 0.05) is 0 Å². The molecule has 3 heteroatoms. The van der Waals surface area contributed by atoms with Crippen LogP contribution >= 0.6 is 14.0 Å². The maximum atomic E-state index is 5.65. The Morgan fingerprint density at radius 1 is 0.524 bits per heavy atom. The Balaban J connectivity index is 2.31. The van der Waals surface area contributed by atoms with Crippen LogP contribution in [-0.4, -0.2) is 0 Å². The van der Waals surface area contributed by atoms with E-state index in [2.05, 4.69) is 91.0 Å². The molecule has 102 valence electrons. The predicted molar refractivity (Wildman–Crippen MR) is 99.4 cm³/mol. The molecule has 0 saturated heterocycles. The van der Waals surface area contributed by atoms with Gasteiger partial charge in [-0.3, -0.25) is 0 Å². The summed E-state index contributed by atoms with van der Waals surface area (Å²) in [4.78, 5) is 0. The van der Waals surface area contributed by atoms with Crippen LogP contribution in [0.3, 0.4) is 0 Å². The molecule has 3 aromatic rings. The molecule has 0 heterocycles. The molecule has 0 aromatic heterocycles. The molecule has 0 bridgehead atoms. The zero-order valence-corrected chi connectivity index (χ0v) is 14.1. The van der Waals surface area contributed by atoms with Gasteiger partial charge in [-0.05, 0) is 48.2 Å². The first-order valence-electron chi connectivity index (χ1n) is 6.79. The van der Waals surface area contributed by atoms with Crippen molar-refractivity contribution < 1.29 is 0 Å².